The van der Waals surface area contributed by atoms with Gasteiger partial charge in [-0.05, 0) is 17.1 Å². The van der Waals surface area contributed by atoms with E-state index in [2.05, 4.69) is 10.0 Å². The molecular formula is C15H23F2NO6P+. The number of hydrogen-bond donors (Lipinski definition) is 4. The van der Waals surface area contributed by atoms with Crippen LogP contribution in [0.25, 0.3) is 0 Å². The summed E-state index contributed by atoms with van der Waals surface area (Å²) < 4.78 is 42.7. The van der Waals surface area contributed by atoms with Gasteiger partial charge in [-0.2, -0.15) is 14.3 Å². The van der Waals surface area contributed by atoms with Crippen molar-refractivity contribution in [1.82, 2.24) is 5.48 Å². The van der Waals surface area contributed by atoms with Crippen molar-refractivity contribution in [3.63, 3.8) is 0 Å². The molecule has 4 unspecified atom stereocenters. The molecular weight excluding hydrogens is 359 g/mol. The Morgan fingerprint density at radius 1 is 1.20 bits per heavy atom. The number of halogens is 2. The fraction of sp³-hybridized carbons (Fsp3) is 0.600. The van der Waals surface area contributed by atoms with Crippen LogP contribution >= 0.6 is 8.03 Å². The van der Waals surface area contributed by atoms with Gasteiger partial charge >= 0.3 is 13.7 Å². The fourth-order valence-electron chi connectivity index (χ4n) is 1.89. The molecule has 0 aliphatic rings. The second kappa shape index (κ2) is 10.8. The van der Waals surface area contributed by atoms with Gasteiger partial charge in [0.1, 0.15) is 6.10 Å². The number of aliphatic hydroxyl groups is 3. The summed E-state index contributed by atoms with van der Waals surface area (Å²) in [5, 5.41) is 29.1. The Labute approximate surface area is 145 Å². The van der Waals surface area contributed by atoms with Gasteiger partial charge in [-0.15, -0.1) is 4.52 Å². The number of benzene rings is 1. The van der Waals surface area contributed by atoms with Crippen LogP contribution in [0.5, 0.6) is 0 Å². The first-order chi connectivity index (χ1) is 11.8. The second-order valence-electron chi connectivity index (χ2n) is 5.29. The zero-order valence-corrected chi connectivity index (χ0v) is 14.6. The number of hydroxylamine groups is 1. The van der Waals surface area contributed by atoms with E-state index in [9.17, 15) is 28.7 Å². The highest BCUT2D eigenvalue weighted by atomic mass is 31.1. The molecule has 0 heterocycles. The minimum atomic E-state index is -3.82. The first-order valence-electron chi connectivity index (χ1n) is 7.68. The lowest BCUT2D eigenvalue weighted by Gasteiger charge is -2.23. The maximum Gasteiger partial charge on any atom is 0.586 e. The van der Waals surface area contributed by atoms with Crippen molar-refractivity contribution in [1.29, 1.82) is 0 Å². The molecule has 0 aliphatic heterocycles. The standard InChI is InChI=1S/C15H23F2NO6P/c1-2-24-25(22)15(16,17)8-12(19)14(21)13(20)9-18-23-10-11-6-4-3-5-7-11/h3-7,12-14,18-21H,2,8-10H2,1H3/q+1. The molecule has 4 N–H and O–H groups in total. The van der Waals surface area contributed by atoms with Gasteiger partial charge in [0.25, 0.3) is 0 Å². The quantitative estimate of drug-likeness (QED) is 0.247. The topological polar surface area (TPSA) is 108 Å². The third kappa shape index (κ3) is 7.79. The van der Waals surface area contributed by atoms with Crippen LogP contribution in [-0.4, -0.2) is 52.4 Å². The van der Waals surface area contributed by atoms with E-state index < -0.39 is 38.4 Å². The van der Waals surface area contributed by atoms with E-state index in [1.807, 2.05) is 30.3 Å². The molecule has 1 aromatic rings. The average molecular weight is 382 g/mol. The van der Waals surface area contributed by atoms with E-state index in [0.717, 1.165) is 5.56 Å². The van der Waals surface area contributed by atoms with Gasteiger partial charge in [-0.3, -0.25) is 4.84 Å². The summed E-state index contributed by atoms with van der Waals surface area (Å²) in [6.07, 6.45) is -6.72. The molecule has 0 aliphatic carbocycles. The van der Waals surface area contributed by atoms with Crippen LogP contribution in [0.2, 0.25) is 0 Å². The number of rotatable bonds is 12. The Bertz CT molecular complexity index is 522. The van der Waals surface area contributed by atoms with E-state index in [0.29, 0.717) is 0 Å². The lowest BCUT2D eigenvalue weighted by molar-refractivity contribution is -0.0976. The normalized spacial score (nSPS) is 16.3. The van der Waals surface area contributed by atoms with Crippen molar-refractivity contribution in [3.8, 4) is 0 Å². The van der Waals surface area contributed by atoms with Crippen molar-refractivity contribution < 1.29 is 38.0 Å². The summed E-state index contributed by atoms with van der Waals surface area (Å²) in [6, 6.07) is 9.12. The van der Waals surface area contributed by atoms with Crippen LogP contribution in [0.15, 0.2) is 30.3 Å². The molecule has 1 rings (SSSR count). The van der Waals surface area contributed by atoms with Crippen molar-refractivity contribution in [2.45, 2.75) is 43.9 Å². The fourth-order valence-corrected chi connectivity index (χ4v) is 2.65. The van der Waals surface area contributed by atoms with Gasteiger partial charge in [0.05, 0.1) is 31.8 Å². The Morgan fingerprint density at radius 3 is 2.44 bits per heavy atom. The first kappa shape index (κ1) is 22.0. The molecule has 25 heavy (non-hydrogen) atoms. The van der Waals surface area contributed by atoms with Crippen LogP contribution in [0, 0.1) is 0 Å². The van der Waals surface area contributed by atoms with Crippen LogP contribution in [0.1, 0.15) is 18.9 Å². The summed E-state index contributed by atoms with van der Waals surface area (Å²) in [5.74, 6) is 0. The van der Waals surface area contributed by atoms with Gasteiger partial charge in [0.15, 0.2) is 0 Å². The summed E-state index contributed by atoms with van der Waals surface area (Å²) >= 11 is 0. The highest BCUT2D eigenvalue weighted by molar-refractivity contribution is 7.40. The molecule has 0 radical (unpaired) electrons. The molecule has 1 aromatic carbocycles. The molecule has 0 saturated carbocycles. The largest absolute Gasteiger partial charge is 0.586 e. The third-order valence-electron chi connectivity index (χ3n) is 3.23. The van der Waals surface area contributed by atoms with Gasteiger partial charge in [0, 0.05) is 6.54 Å². The summed E-state index contributed by atoms with van der Waals surface area (Å²) in [6.45, 7) is 1.13. The lowest BCUT2D eigenvalue weighted by atomic mass is 10.1. The van der Waals surface area contributed by atoms with Crippen LogP contribution in [0.4, 0.5) is 8.78 Å². The predicted octanol–water partition coefficient (Wildman–Crippen LogP) is 1.55. The zero-order chi connectivity index (χ0) is 18.9. The zero-order valence-electron chi connectivity index (χ0n) is 13.7. The molecule has 0 aromatic heterocycles. The maximum atomic E-state index is 13.6. The molecule has 0 amide bonds. The molecule has 0 fully saturated rings. The Balaban J connectivity index is 2.36. The maximum absolute atomic E-state index is 13.6. The minimum absolute atomic E-state index is 0.172. The Hall–Kier alpha value is -1.06. The number of hydrogen-bond acceptors (Lipinski definition) is 7. The van der Waals surface area contributed by atoms with Gasteiger partial charge < -0.3 is 15.3 Å². The third-order valence-corrected chi connectivity index (χ3v) is 4.44. The summed E-state index contributed by atoms with van der Waals surface area (Å²) in [7, 11) is -3.32. The lowest BCUT2D eigenvalue weighted by Crippen LogP contribution is -2.44. The van der Waals surface area contributed by atoms with Gasteiger partial charge in [-0.25, -0.2) is 0 Å². The van der Waals surface area contributed by atoms with E-state index >= 15 is 0 Å². The highest BCUT2D eigenvalue weighted by Gasteiger charge is 2.55. The van der Waals surface area contributed by atoms with Gasteiger partial charge in [0.2, 0.25) is 0 Å². The summed E-state index contributed by atoms with van der Waals surface area (Å²) in [4.78, 5) is 5.07. The van der Waals surface area contributed by atoms with Gasteiger partial charge in [-0.1, -0.05) is 30.3 Å². The van der Waals surface area contributed by atoms with Crippen LogP contribution in [0.3, 0.4) is 0 Å². The molecule has 7 nitrogen and oxygen atoms in total. The SMILES string of the molecule is CCO[P+](=O)C(F)(F)CC(O)C(O)C(O)CNOCc1ccccc1. The van der Waals surface area contributed by atoms with Crippen LogP contribution in [-0.2, 0) is 20.5 Å². The number of alkyl halides is 2. The van der Waals surface area contributed by atoms with E-state index in [4.69, 9.17) is 4.84 Å². The molecule has 0 bridgehead atoms. The van der Waals surface area contributed by atoms with Crippen molar-refractivity contribution in [2.24, 2.45) is 0 Å². The number of nitrogens with one attached hydrogen (secondary N) is 1. The van der Waals surface area contributed by atoms with E-state index in [1.54, 1.807) is 0 Å². The molecule has 142 valence electrons. The molecule has 4 atom stereocenters. The van der Waals surface area contributed by atoms with E-state index in [-0.39, 0.29) is 19.8 Å². The molecule has 0 saturated heterocycles. The second-order valence-corrected chi connectivity index (χ2v) is 6.72. The highest BCUT2D eigenvalue weighted by Crippen LogP contribution is 2.46. The summed E-state index contributed by atoms with van der Waals surface area (Å²) in [5.41, 5.74) is -0.567. The molecule has 10 heteroatoms. The smallest absolute Gasteiger partial charge is 0.390 e. The Kier molecular flexibility index (Phi) is 9.52. The van der Waals surface area contributed by atoms with E-state index in [1.165, 1.54) is 6.92 Å². The van der Waals surface area contributed by atoms with Crippen molar-refractivity contribution >= 4 is 8.03 Å². The van der Waals surface area contributed by atoms with Crippen molar-refractivity contribution in [2.75, 3.05) is 13.2 Å². The average Bonchev–Trinajstić information content (AvgIpc) is 2.58. The monoisotopic (exact) mass is 382 g/mol. The minimum Gasteiger partial charge on any atom is -0.390 e. The number of aliphatic hydroxyl groups excluding tert-OH is 3. The Morgan fingerprint density at radius 2 is 1.84 bits per heavy atom. The predicted molar refractivity (Wildman–Crippen MR) is 86.1 cm³/mol. The van der Waals surface area contributed by atoms with Crippen LogP contribution < -0.4 is 5.48 Å². The molecule has 0 spiro atoms. The van der Waals surface area contributed by atoms with Crippen molar-refractivity contribution in [3.05, 3.63) is 35.9 Å². The first-order valence-corrected chi connectivity index (χ1v) is 8.86.